The summed E-state index contributed by atoms with van der Waals surface area (Å²) in [6.07, 6.45) is 0.979. The topological polar surface area (TPSA) is 63.0 Å². The SMILES string of the molecule is C[C@@H]1CN(S(=O)(=O)N(C)Cc2ccc([C@@H]3C[C@@H]3C)o2)C[C@@H](C)O1. The Morgan fingerprint density at radius 1 is 1.22 bits per heavy atom. The third-order valence-electron chi connectivity index (χ3n) is 4.64. The van der Waals surface area contributed by atoms with Gasteiger partial charge in [0.15, 0.2) is 0 Å². The second-order valence-electron chi connectivity index (χ2n) is 6.96. The highest BCUT2D eigenvalue weighted by molar-refractivity contribution is 7.86. The van der Waals surface area contributed by atoms with E-state index in [1.807, 2.05) is 26.0 Å². The Labute approximate surface area is 138 Å². The molecule has 0 bridgehead atoms. The quantitative estimate of drug-likeness (QED) is 0.823. The minimum Gasteiger partial charge on any atom is -0.464 e. The Bertz CT molecular complexity index is 647. The zero-order valence-corrected chi connectivity index (χ0v) is 15.0. The largest absolute Gasteiger partial charge is 0.464 e. The van der Waals surface area contributed by atoms with E-state index in [9.17, 15) is 8.42 Å². The van der Waals surface area contributed by atoms with Gasteiger partial charge >= 0.3 is 0 Å². The van der Waals surface area contributed by atoms with Crippen LogP contribution in [-0.4, -0.2) is 49.4 Å². The Balaban J connectivity index is 1.66. The van der Waals surface area contributed by atoms with Gasteiger partial charge in [0, 0.05) is 26.1 Å². The van der Waals surface area contributed by atoms with Crippen molar-refractivity contribution in [3.8, 4) is 0 Å². The average molecular weight is 342 g/mol. The molecule has 1 aliphatic carbocycles. The van der Waals surface area contributed by atoms with E-state index in [0.29, 0.717) is 30.7 Å². The zero-order chi connectivity index (χ0) is 16.8. The van der Waals surface area contributed by atoms with Gasteiger partial charge in [-0.1, -0.05) is 6.92 Å². The lowest BCUT2D eigenvalue weighted by Gasteiger charge is -2.36. The van der Waals surface area contributed by atoms with Gasteiger partial charge < -0.3 is 9.15 Å². The van der Waals surface area contributed by atoms with Gasteiger partial charge in [0.05, 0.1) is 18.8 Å². The van der Waals surface area contributed by atoms with Crippen LogP contribution in [-0.2, 0) is 21.5 Å². The summed E-state index contributed by atoms with van der Waals surface area (Å²) in [6.45, 7) is 7.02. The van der Waals surface area contributed by atoms with Crippen LogP contribution in [0.25, 0.3) is 0 Å². The molecule has 2 heterocycles. The Hall–Kier alpha value is -0.890. The molecule has 1 aliphatic heterocycles. The van der Waals surface area contributed by atoms with Crippen molar-refractivity contribution in [2.75, 3.05) is 20.1 Å². The summed E-state index contributed by atoms with van der Waals surface area (Å²) in [7, 11) is -1.91. The van der Waals surface area contributed by atoms with E-state index in [-0.39, 0.29) is 18.8 Å². The molecule has 2 fully saturated rings. The summed E-state index contributed by atoms with van der Waals surface area (Å²) in [6, 6.07) is 3.86. The monoisotopic (exact) mass is 342 g/mol. The van der Waals surface area contributed by atoms with Gasteiger partial charge in [-0.15, -0.1) is 0 Å². The van der Waals surface area contributed by atoms with Gasteiger partial charge in [-0.3, -0.25) is 0 Å². The van der Waals surface area contributed by atoms with Gasteiger partial charge in [-0.2, -0.15) is 17.0 Å². The fourth-order valence-corrected chi connectivity index (χ4v) is 4.70. The zero-order valence-electron chi connectivity index (χ0n) is 14.2. The number of hydrogen-bond donors (Lipinski definition) is 0. The van der Waals surface area contributed by atoms with Crippen LogP contribution in [0, 0.1) is 5.92 Å². The van der Waals surface area contributed by atoms with Crippen molar-refractivity contribution < 1.29 is 17.6 Å². The molecule has 0 unspecified atom stereocenters. The summed E-state index contributed by atoms with van der Waals surface area (Å²) >= 11 is 0. The van der Waals surface area contributed by atoms with Crippen LogP contribution in [0.2, 0.25) is 0 Å². The highest BCUT2D eigenvalue weighted by atomic mass is 32.2. The molecule has 2 aliphatic rings. The number of rotatable bonds is 5. The third kappa shape index (κ3) is 3.63. The molecule has 130 valence electrons. The fourth-order valence-electron chi connectivity index (χ4n) is 3.21. The molecule has 0 spiro atoms. The molecule has 6 nitrogen and oxygen atoms in total. The molecule has 1 aromatic heterocycles. The van der Waals surface area contributed by atoms with Crippen molar-refractivity contribution in [1.82, 2.24) is 8.61 Å². The lowest BCUT2D eigenvalue weighted by molar-refractivity contribution is -0.0453. The molecule has 3 rings (SSSR count). The molecule has 1 aromatic rings. The summed E-state index contributed by atoms with van der Waals surface area (Å²) in [4.78, 5) is 0. The molecule has 0 amide bonds. The predicted octanol–water partition coefficient (Wildman–Crippen LogP) is 2.19. The molecule has 7 heteroatoms. The lowest BCUT2D eigenvalue weighted by Crippen LogP contribution is -2.52. The summed E-state index contributed by atoms with van der Waals surface area (Å²) < 4.78 is 39.8. The maximum atomic E-state index is 12.7. The van der Waals surface area contributed by atoms with Crippen LogP contribution in [0.5, 0.6) is 0 Å². The maximum Gasteiger partial charge on any atom is 0.282 e. The van der Waals surface area contributed by atoms with Gasteiger partial charge in [0.25, 0.3) is 10.2 Å². The van der Waals surface area contributed by atoms with Crippen molar-refractivity contribution in [1.29, 1.82) is 0 Å². The van der Waals surface area contributed by atoms with Crippen LogP contribution in [0.15, 0.2) is 16.5 Å². The molecular weight excluding hydrogens is 316 g/mol. The van der Waals surface area contributed by atoms with Crippen LogP contribution in [0.1, 0.15) is 44.6 Å². The van der Waals surface area contributed by atoms with E-state index in [0.717, 1.165) is 12.2 Å². The van der Waals surface area contributed by atoms with Crippen molar-refractivity contribution in [2.24, 2.45) is 5.92 Å². The van der Waals surface area contributed by atoms with Crippen LogP contribution in [0.3, 0.4) is 0 Å². The summed E-state index contributed by atoms with van der Waals surface area (Å²) in [5.74, 6) is 2.85. The smallest absolute Gasteiger partial charge is 0.282 e. The number of furan rings is 1. The molecule has 23 heavy (non-hydrogen) atoms. The fraction of sp³-hybridized carbons (Fsp3) is 0.750. The van der Waals surface area contributed by atoms with E-state index >= 15 is 0 Å². The van der Waals surface area contributed by atoms with Gasteiger partial charge in [-0.05, 0) is 38.3 Å². The van der Waals surface area contributed by atoms with Crippen molar-refractivity contribution in [3.63, 3.8) is 0 Å². The molecule has 1 saturated carbocycles. The highest BCUT2D eigenvalue weighted by Crippen LogP contribution is 2.47. The molecule has 4 atom stereocenters. The first-order valence-electron chi connectivity index (χ1n) is 8.23. The lowest BCUT2D eigenvalue weighted by atomic mass is 10.3. The number of morpholine rings is 1. The average Bonchev–Trinajstić information content (AvgIpc) is 3.01. The second-order valence-corrected chi connectivity index (χ2v) is 9.00. The van der Waals surface area contributed by atoms with Gasteiger partial charge in [0.2, 0.25) is 0 Å². The first-order valence-corrected chi connectivity index (χ1v) is 9.62. The Morgan fingerprint density at radius 3 is 2.39 bits per heavy atom. The van der Waals surface area contributed by atoms with Crippen molar-refractivity contribution in [2.45, 2.75) is 51.9 Å². The first-order chi connectivity index (χ1) is 10.8. The van der Waals surface area contributed by atoms with E-state index in [4.69, 9.17) is 9.15 Å². The van der Waals surface area contributed by atoms with Crippen molar-refractivity contribution >= 4 is 10.2 Å². The van der Waals surface area contributed by atoms with E-state index < -0.39 is 10.2 Å². The predicted molar refractivity (Wildman–Crippen MR) is 87.2 cm³/mol. The van der Waals surface area contributed by atoms with Crippen LogP contribution < -0.4 is 0 Å². The maximum absolute atomic E-state index is 12.7. The molecule has 1 saturated heterocycles. The standard InChI is InChI=1S/C16H26N2O4S/c1-11-7-15(11)16-6-5-14(22-16)10-17(4)23(19,20)18-8-12(2)21-13(3)9-18/h5-6,11-13,15H,7-10H2,1-4H3/t11-,12+,13+,15+/m0/s1. The summed E-state index contributed by atoms with van der Waals surface area (Å²) in [5, 5.41) is 0. The van der Waals surface area contributed by atoms with E-state index in [2.05, 4.69) is 6.92 Å². The Kier molecular flexibility index (Phi) is 4.57. The van der Waals surface area contributed by atoms with Crippen LogP contribution in [0.4, 0.5) is 0 Å². The Morgan fingerprint density at radius 2 is 1.83 bits per heavy atom. The number of nitrogens with zero attached hydrogens (tertiary/aromatic N) is 2. The number of ether oxygens (including phenoxy) is 1. The third-order valence-corrected chi connectivity index (χ3v) is 6.51. The molecule has 0 N–H and O–H groups in total. The van der Waals surface area contributed by atoms with E-state index in [1.54, 1.807) is 7.05 Å². The molecule has 0 aromatic carbocycles. The van der Waals surface area contributed by atoms with E-state index in [1.165, 1.54) is 8.61 Å². The number of hydrogen-bond acceptors (Lipinski definition) is 4. The minimum atomic E-state index is -3.51. The first kappa shape index (κ1) is 17.0. The normalized spacial score (nSPS) is 32.4. The van der Waals surface area contributed by atoms with Crippen molar-refractivity contribution in [3.05, 3.63) is 23.7 Å². The summed E-state index contributed by atoms with van der Waals surface area (Å²) in [5.41, 5.74) is 0. The minimum absolute atomic E-state index is 0.0894. The molecular formula is C16H26N2O4S. The van der Waals surface area contributed by atoms with Gasteiger partial charge in [-0.25, -0.2) is 0 Å². The second kappa shape index (κ2) is 6.20. The van der Waals surface area contributed by atoms with Gasteiger partial charge in [0.1, 0.15) is 11.5 Å². The highest BCUT2D eigenvalue weighted by Gasteiger charge is 2.37. The van der Waals surface area contributed by atoms with Crippen LogP contribution >= 0.6 is 0 Å². The molecule has 0 radical (unpaired) electrons.